The second-order valence-electron chi connectivity index (χ2n) is 9.30. The monoisotopic (exact) mass is 500 g/mol. The number of carbonyl (C=O) groups excluding carboxylic acids is 2. The molecule has 0 aromatic heterocycles. The van der Waals surface area contributed by atoms with Crippen LogP contribution in [0.4, 0.5) is 10.5 Å². The van der Waals surface area contributed by atoms with Crippen molar-refractivity contribution in [2.24, 2.45) is 0 Å². The summed E-state index contributed by atoms with van der Waals surface area (Å²) in [5.41, 5.74) is 1.11. The fourth-order valence-corrected chi connectivity index (χ4v) is 5.15. The quantitative estimate of drug-likeness (QED) is 0.381. The molecule has 0 N–H and O–H groups in total. The maximum atomic E-state index is 13.0. The van der Waals surface area contributed by atoms with Crippen molar-refractivity contribution in [2.45, 2.75) is 31.7 Å². The Balaban J connectivity index is 0.00000342. The Morgan fingerprint density at radius 2 is 1.49 bits per heavy atom. The lowest BCUT2D eigenvalue weighted by Crippen LogP contribution is -2.46. The first kappa shape index (κ1) is 26.8. The maximum absolute atomic E-state index is 13.0. The molecule has 2 aliphatic heterocycles. The minimum Gasteiger partial charge on any atom is -0.495 e. The standard InChI is InChI=1S/C27H36N4O3.ClH/c1-27(22-12-6-4-7-13-22)25(32)28(2)26(33)31(27)17-11-5-10-16-29-18-20-30(21-19-29)23-14-8-9-15-24(23)34-3;/h4,6-9,12-15H,5,10-11,16-21H2,1-3H3;1H. The number of urea groups is 1. The van der Waals surface area contributed by atoms with Crippen LogP contribution in [0.5, 0.6) is 5.75 Å². The number of halogens is 1. The van der Waals surface area contributed by atoms with Gasteiger partial charge in [-0.05, 0) is 44.0 Å². The largest absolute Gasteiger partial charge is 0.495 e. The molecular weight excluding hydrogens is 464 g/mol. The number of nitrogens with zero attached hydrogens (tertiary/aromatic N) is 4. The van der Waals surface area contributed by atoms with Crippen molar-refractivity contribution in [3.05, 3.63) is 60.2 Å². The summed E-state index contributed by atoms with van der Waals surface area (Å²) >= 11 is 0. The van der Waals surface area contributed by atoms with Gasteiger partial charge in [-0.1, -0.05) is 48.9 Å². The first-order chi connectivity index (χ1) is 16.5. The van der Waals surface area contributed by atoms with Crippen LogP contribution < -0.4 is 9.64 Å². The lowest BCUT2D eigenvalue weighted by Gasteiger charge is -2.36. The molecule has 0 radical (unpaired) electrons. The molecule has 2 aromatic rings. The second-order valence-corrected chi connectivity index (χ2v) is 9.30. The molecule has 7 nitrogen and oxygen atoms in total. The van der Waals surface area contributed by atoms with Crippen LogP contribution in [0.2, 0.25) is 0 Å². The number of unbranched alkanes of at least 4 members (excludes halogenated alkanes) is 2. The van der Waals surface area contributed by atoms with Gasteiger partial charge in [0.15, 0.2) is 0 Å². The van der Waals surface area contributed by atoms with Gasteiger partial charge in [0.1, 0.15) is 11.3 Å². The lowest BCUT2D eigenvalue weighted by molar-refractivity contribution is -0.132. The predicted octanol–water partition coefficient (Wildman–Crippen LogP) is 4.22. The summed E-state index contributed by atoms with van der Waals surface area (Å²) in [7, 11) is 3.30. The van der Waals surface area contributed by atoms with Crippen LogP contribution in [-0.4, -0.2) is 80.1 Å². The predicted molar refractivity (Wildman–Crippen MR) is 141 cm³/mol. The van der Waals surface area contributed by atoms with Gasteiger partial charge in [0.05, 0.1) is 12.8 Å². The minimum atomic E-state index is -0.929. The zero-order valence-corrected chi connectivity index (χ0v) is 21.8. The van der Waals surface area contributed by atoms with Crippen molar-refractivity contribution in [3.63, 3.8) is 0 Å². The second kappa shape index (κ2) is 11.8. The summed E-state index contributed by atoms with van der Waals surface area (Å²) in [4.78, 5) is 33.7. The number of ether oxygens (including phenoxy) is 1. The molecule has 4 rings (SSSR count). The highest BCUT2D eigenvalue weighted by molar-refractivity contribution is 6.06. The van der Waals surface area contributed by atoms with Crippen LogP contribution in [0.1, 0.15) is 31.7 Å². The highest BCUT2D eigenvalue weighted by atomic mass is 35.5. The van der Waals surface area contributed by atoms with Gasteiger partial charge in [0.25, 0.3) is 5.91 Å². The van der Waals surface area contributed by atoms with Gasteiger partial charge < -0.3 is 14.5 Å². The molecular formula is C27H37ClN4O3. The molecule has 8 heteroatoms. The van der Waals surface area contributed by atoms with Gasteiger partial charge in [-0.25, -0.2) is 4.79 Å². The summed E-state index contributed by atoms with van der Waals surface area (Å²) in [6, 6.07) is 17.6. The number of benzene rings is 2. The fraction of sp³-hybridized carbons (Fsp3) is 0.481. The topological polar surface area (TPSA) is 56.3 Å². The van der Waals surface area contributed by atoms with Gasteiger partial charge in [0.2, 0.25) is 0 Å². The average molecular weight is 501 g/mol. The number of carbonyl (C=O) groups is 2. The molecule has 2 saturated heterocycles. The molecule has 0 saturated carbocycles. The molecule has 2 heterocycles. The number of methoxy groups -OCH3 is 1. The number of piperazine rings is 1. The number of para-hydroxylation sites is 2. The van der Waals surface area contributed by atoms with E-state index in [-0.39, 0.29) is 24.3 Å². The van der Waals surface area contributed by atoms with E-state index in [4.69, 9.17) is 4.74 Å². The molecule has 0 spiro atoms. The highest BCUT2D eigenvalue weighted by Crippen LogP contribution is 2.36. The molecule has 3 amide bonds. The van der Waals surface area contributed by atoms with Crippen LogP contribution in [0.3, 0.4) is 0 Å². The van der Waals surface area contributed by atoms with Gasteiger partial charge in [-0.2, -0.15) is 0 Å². The van der Waals surface area contributed by atoms with Gasteiger partial charge in [0, 0.05) is 39.8 Å². The third-order valence-electron chi connectivity index (χ3n) is 7.27. The molecule has 0 bridgehead atoms. The van der Waals surface area contributed by atoms with Gasteiger partial charge in [-0.3, -0.25) is 14.6 Å². The Kier molecular flexibility index (Phi) is 9.03. The highest BCUT2D eigenvalue weighted by Gasteiger charge is 2.53. The van der Waals surface area contributed by atoms with Crippen LogP contribution in [0.15, 0.2) is 54.6 Å². The van der Waals surface area contributed by atoms with Crippen LogP contribution in [0, 0.1) is 0 Å². The number of imide groups is 1. The minimum absolute atomic E-state index is 0. The lowest BCUT2D eigenvalue weighted by atomic mass is 9.90. The van der Waals surface area contributed by atoms with Crippen molar-refractivity contribution >= 4 is 30.0 Å². The molecule has 35 heavy (non-hydrogen) atoms. The summed E-state index contributed by atoms with van der Waals surface area (Å²) in [6.45, 7) is 7.57. The van der Waals surface area contributed by atoms with Crippen molar-refractivity contribution in [2.75, 3.05) is 58.3 Å². The van der Waals surface area contributed by atoms with E-state index in [0.29, 0.717) is 6.54 Å². The Morgan fingerprint density at radius 3 is 2.17 bits per heavy atom. The number of hydrogen-bond donors (Lipinski definition) is 0. The van der Waals surface area contributed by atoms with Crippen LogP contribution >= 0.6 is 12.4 Å². The molecule has 2 fully saturated rings. The van der Waals surface area contributed by atoms with Crippen LogP contribution in [-0.2, 0) is 10.3 Å². The number of rotatable bonds is 9. The molecule has 1 atom stereocenters. The number of anilines is 1. The fourth-order valence-electron chi connectivity index (χ4n) is 5.15. The normalized spacial score (nSPS) is 20.8. The van der Waals surface area contributed by atoms with Gasteiger partial charge in [-0.15, -0.1) is 12.4 Å². The Labute approximate surface area is 215 Å². The summed E-state index contributed by atoms with van der Waals surface area (Å²) in [5, 5.41) is 0. The van der Waals surface area contributed by atoms with Crippen molar-refractivity contribution in [3.8, 4) is 5.75 Å². The third-order valence-corrected chi connectivity index (χ3v) is 7.27. The first-order valence-corrected chi connectivity index (χ1v) is 12.2. The van der Waals surface area contributed by atoms with E-state index in [1.54, 1.807) is 19.1 Å². The number of likely N-dealkylation sites (N-methyl/N-ethyl adjacent to an activating group) is 1. The Hall–Kier alpha value is -2.77. The summed E-state index contributed by atoms with van der Waals surface area (Å²) in [5.74, 6) is 0.774. The van der Waals surface area contributed by atoms with Crippen LogP contribution in [0.25, 0.3) is 0 Å². The summed E-state index contributed by atoms with van der Waals surface area (Å²) < 4.78 is 5.52. The van der Waals surface area contributed by atoms with Crippen molar-refractivity contribution < 1.29 is 14.3 Å². The zero-order valence-electron chi connectivity index (χ0n) is 21.0. The molecule has 2 aromatic carbocycles. The van der Waals surface area contributed by atoms with Gasteiger partial charge >= 0.3 is 6.03 Å². The number of amides is 3. The Morgan fingerprint density at radius 1 is 0.857 bits per heavy atom. The van der Waals surface area contributed by atoms with E-state index < -0.39 is 5.54 Å². The smallest absolute Gasteiger partial charge is 0.327 e. The SMILES string of the molecule is COc1ccccc1N1CCN(CCCCCN2C(=O)N(C)C(=O)C2(C)c2ccccc2)CC1.Cl. The molecule has 2 aliphatic rings. The van der Waals surface area contributed by atoms with Crippen molar-refractivity contribution in [1.82, 2.24) is 14.7 Å². The van der Waals surface area contributed by atoms with E-state index in [1.807, 2.05) is 49.4 Å². The third kappa shape index (κ3) is 5.41. The molecule has 0 aliphatic carbocycles. The average Bonchev–Trinajstić information content (AvgIpc) is 3.05. The van der Waals surface area contributed by atoms with E-state index in [2.05, 4.69) is 21.9 Å². The summed E-state index contributed by atoms with van der Waals surface area (Å²) in [6.07, 6.45) is 3.00. The van der Waals surface area contributed by atoms with Crippen molar-refractivity contribution in [1.29, 1.82) is 0 Å². The van der Waals surface area contributed by atoms with E-state index >= 15 is 0 Å². The van der Waals surface area contributed by atoms with E-state index in [9.17, 15) is 9.59 Å². The first-order valence-electron chi connectivity index (χ1n) is 12.2. The zero-order chi connectivity index (χ0) is 24.1. The Bertz CT molecular complexity index is 997. The maximum Gasteiger partial charge on any atom is 0.327 e. The molecule has 1 unspecified atom stereocenters. The van der Waals surface area contributed by atoms with E-state index in [0.717, 1.165) is 63.3 Å². The number of hydrogen-bond acceptors (Lipinski definition) is 5. The molecule has 190 valence electrons. The van der Waals surface area contributed by atoms with E-state index in [1.165, 1.54) is 10.6 Å².